The van der Waals surface area contributed by atoms with Gasteiger partial charge in [0.15, 0.2) is 0 Å². The summed E-state index contributed by atoms with van der Waals surface area (Å²) in [4.78, 5) is 14.6. The standard InChI is InChI=1S/C22H19N3O3S/c23-16-17-4-3-7-20(14-17)22(26)24-10-12-25(13-11-24)29(27,28)21-9-8-18-5-1-2-6-19(18)15-21/h1-9,14-15H,10-13H2. The van der Waals surface area contributed by atoms with Crippen LogP contribution >= 0.6 is 0 Å². The van der Waals surface area contributed by atoms with Gasteiger partial charge in [0.1, 0.15) is 0 Å². The number of carbonyl (C=O) groups is 1. The van der Waals surface area contributed by atoms with E-state index >= 15 is 0 Å². The number of rotatable bonds is 3. The van der Waals surface area contributed by atoms with E-state index in [0.29, 0.717) is 24.2 Å². The van der Waals surface area contributed by atoms with E-state index in [0.717, 1.165) is 10.8 Å². The fourth-order valence-electron chi connectivity index (χ4n) is 3.51. The van der Waals surface area contributed by atoms with E-state index in [9.17, 15) is 13.2 Å². The monoisotopic (exact) mass is 405 g/mol. The number of carbonyl (C=O) groups excluding carboxylic acids is 1. The van der Waals surface area contributed by atoms with Crippen molar-refractivity contribution in [3.8, 4) is 6.07 Å². The van der Waals surface area contributed by atoms with Gasteiger partial charge in [0.2, 0.25) is 10.0 Å². The van der Waals surface area contributed by atoms with Gasteiger partial charge in [-0.05, 0) is 41.1 Å². The van der Waals surface area contributed by atoms with E-state index in [-0.39, 0.29) is 23.9 Å². The number of hydrogen-bond donors (Lipinski definition) is 0. The summed E-state index contributed by atoms with van der Waals surface area (Å²) < 4.78 is 27.5. The smallest absolute Gasteiger partial charge is 0.253 e. The molecule has 3 aromatic carbocycles. The van der Waals surface area contributed by atoms with Crippen LogP contribution < -0.4 is 0 Å². The van der Waals surface area contributed by atoms with Crippen molar-refractivity contribution in [2.45, 2.75) is 4.90 Å². The van der Waals surface area contributed by atoms with Crippen LogP contribution in [0.25, 0.3) is 10.8 Å². The van der Waals surface area contributed by atoms with Crippen LogP contribution in [-0.2, 0) is 10.0 Å². The van der Waals surface area contributed by atoms with Crippen molar-refractivity contribution in [3.63, 3.8) is 0 Å². The number of hydrogen-bond acceptors (Lipinski definition) is 4. The summed E-state index contributed by atoms with van der Waals surface area (Å²) in [6, 6.07) is 21.3. The average molecular weight is 405 g/mol. The fraction of sp³-hybridized carbons (Fsp3) is 0.182. The largest absolute Gasteiger partial charge is 0.336 e. The highest BCUT2D eigenvalue weighted by atomic mass is 32.2. The van der Waals surface area contributed by atoms with Gasteiger partial charge in [-0.1, -0.05) is 36.4 Å². The van der Waals surface area contributed by atoms with E-state index < -0.39 is 10.0 Å². The van der Waals surface area contributed by atoms with Crippen molar-refractivity contribution in [1.29, 1.82) is 5.26 Å². The molecule has 0 spiro atoms. The van der Waals surface area contributed by atoms with E-state index in [2.05, 4.69) is 0 Å². The molecule has 1 aliphatic rings. The van der Waals surface area contributed by atoms with Crippen molar-refractivity contribution in [1.82, 2.24) is 9.21 Å². The molecule has 1 saturated heterocycles. The number of benzene rings is 3. The molecule has 7 heteroatoms. The Hall–Kier alpha value is -3.21. The molecule has 29 heavy (non-hydrogen) atoms. The lowest BCUT2D eigenvalue weighted by Crippen LogP contribution is -2.50. The van der Waals surface area contributed by atoms with Crippen molar-refractivity contribution < 1.29 is 13.2 Å². The Morgan fingerprint density at radius 2 is 1.59 bits per heavy atom. The predicted molar refractivity (Wildman–Crippen MR) is 110 cm³/mol. The van der Waals surface area contributed by atoms with Gasteiger partial charge >= 0.3 is 0 Å². The van der Waals surface area contributed by atoms with E-state index in [4.69, 9.17) is 5.26 Å². The van der Waals surface area contributed by atoms with E-state index in [1.54, 1.807) is 41.3 Å². The minimum absolute atomic E-state index is 0.190. The van der Waals surface area contributed by atoms with Gasteiger partial charge in [0.05, 0.1) is 16.5 Å². The van der Waals surface area contributed by atoms with Crippen molar-refractivity contribution in [3.05, 3.63) is 77.9 Å². The summed E-state index contributed by atoms with van der Waals surface area (Å²) in [6.45, 7) is 1.09. The molecule has 4 rings (SSSR count). The van der Waals surface area contributed by atoms with E-state index in [1.807, 2.05) is 36.4 Å². The Balaban J connectivity index is 1.49. The number of nitriles is 1. The van der Waals surface area contributed by atoms with Gasteiger partial charge in [-0.25, -0.2) is 8.42 Å². The molecule has 6 nitrogen and oxygen atoms in total. The Morgan fingerprint density at radius 3 is 2.31 bits per heavy atom. The molecule has 3 aromatic rings. The number of fused-ring (bicyclic) bond motifs is 1. The first-order chi connectivity index (χ1) is 14.0. The SMILES string of the molecule is N#Cc1cccc(C(=O)N2CCN(S(=O)(=O)c3ccc4ccccc4c3)CC2)c1. The maximum absolute atomic E-state index is 13.0. The third-order valence-corrected chi connectivity index (χ3v) is 7.02. The Morgan fingerprint density at radius 1 is 0.862 bits per heavy atom. The van der Waals surface area contributed by atoms with E-state index in [1.165, 1.54) is 4.31 Å². The summed E-state index contributed by atoms with van der Waals surface area (Å²) in [7, 11) is -3.63. The number of nitrogens with zero attached hydrogens (tertiary/aromatic N) is 3. The molecule has 0 radical (unpaired) electrons. The number of amides is 1. The zero-order valence-corrected chi connectivity index (χ0v) is 16.5. The third kappa shape index (κ3) is 3.73. The van der Waals surface area contributed by atoms with Crippen LogP contribution in [0.15, 0.2) is 71.6 Å². The van der Waals surface area contributed by atoms with Crippen molar-refractivity contribution >= 4 is 26.7 Å². The summed E-state index contributed by atoms with van der Waals surface area (Å²) >= 11 is 0. The fourth-order valence-corrected chi connectivity index (χ4v) is 4.97. The second kappa shape index (κ2) is 7.66. The van der Waals surface area contributed by atoms with Crippen LogP contribution in [0.2, 0.25) is 0 Å². The highest BCUT2D eigenvalue weighted by Crippen LogP contribution is 2.23. The molecule has 0 atom stereocenters. The second-order valence-electron chi connectivity index (χ2n) is 6.90. The summed E-state index contributed by atoms with van der Waals surface area (Å²) in [6.07, 6.45) is 0. The van der Waals surface area contributed by atoms with Gasteiger partial charge in [-0.2, -0.15) is 9.57 Å². The molecule has 0 N–H and O–H groups in total. The maximum atomic E-state index is 13.0. The molecule has 0 bridgehead atoms. The molecule has 146 valence electrons. The Kier molecular flexibility index (Phi) is 5.05. The predicted octanol–water partition coefficient (Wildman–Crippen LogP) is 2.86. The first-order valence-electron chi connectivity index (χ1n) is 9.27. The lowest BCUT2D eigenvalue weighted by molar-refractivity contribution is 0.0698. The normalized spacial score (nSPS) is 15.2. The highest BCUT2D eigenvalue weighted by molar-refractivity contribution is 7.89. The zero-order valence-electron chi connectivity index (χ0n) is 15.7. The van der Waals surface area contributed by atoms with Crippen LogP contribution in [0, 0.1) is 11.3 Å². The molecule has 0 saturated carbocycles. The quantitative estimate of drug-likeness (QED) is 0.671. The van der Waals surface area contributed by atoms with Gasteiger partial charge in [0.25, 0.3) is 5.91 Å². The molecule has 1 aliphatic heterocycles. The van der Waals surface area contributed by atoms with Crippen LogP contribution in [0.3, 0.4) is 0 Å². The maximum Gasteiger partial charge on any atom is 0.253 e. The zero-order chi connectivity index (χ0) is 20.4. The molecular formula is C22H19N3O3S. The first-order valence-corrected chi connectivity index (χ1v) is 10.7. The Labute approximate surface area is 169 Å². The summed E-state index contributed by atoms with van der Waals surface area (Å²) in [5.41, 5.74) is 0.864. The summed E-state index contributed by atoms with van der Waals surface area (Å²) in [5.74, 6) is -0.190. The molecule has 0 aromatic heterocycles. The van der Waals surface area contributed by atoms with Gasteiger partial charge in [-0.3, -0.25) is 4.79 Å². The third-order valence-electron chi connectivity index (χ3n) is 5.12. The molecule has 0 unspecified atom stereocenters. The van der Waals surface area contributed by atoms with Crippen LogP contribution in [-0.4, -0.2) is 49.7 Å². The second-order valence-corrected chi connectivity index (χ2v) is 8.84. The molecule has 1 fully saturated rings. The lowest BCUT2D eigenvalue weighted by atomic mass is 10.1. The van der Waals surface area contributed by atoms with Gasteiger partial charge in [-0.15, -0.1) is 0 Å². The summed E-state index contributed by atoms with van der Waals surface area (Å²) in [5, 5.41) is 10.9. The highest BCUT2D eigenvalue weighted by Gasteiger charge is 2.30. The minimum atomic E-state index is -3.63. The van der Waals surface area contributed by atoms with Crippen LogP contribution in [0.4, 0.5) is 0 Å². The molecule has 1 heterocycles. The topological polar surface area (TPSA) is 81.5 Å². The van der Waals surface area contributed by atoms with Gasteiger partial charge in [0, 0.05) is 31.7 Å². The minimum Gasteiger partial charge on any atom is -0.336 e. The van der Waals surface area contributed by atoms with Crippen molar-refractivity contribution in [2.24, 2.45) is 0 Å². The lowest BCUT2D eigenvalue weighted by Gasteiger charge is -2.34. The molecule has 1 amide bonds. The molecular weight excluding hydrogens is 386 g/mol. The Bertz CT molecular complexity index is 1220. The molecule has 0 aliphatic carbocycles. The average Bonchev–Trinajstić information content (AvgIpc) is 2.78. The van der Waals surface area contributed by atoms with Crippen LogP contribution in [0.5, 0.6) is 0 Å². The van der Waals surface area contributed by atoms with Crippen molar-refractivity contribution in [2.75, 3.05) is 26.2 Å². The van der Waals surface area contributed by atoms with Gasteiger partial charge < -0.3 is 4.90 Å². The number of sulfonamides is 1. The first kappa shape index (κ1) is 19.1. The number of piperazine rings is 1. The van der Waals surface area contributed by atoms with Crippen LogP contribution in [0.1, 0.15) is 15.9 Å².